The van der Waals surface area contributed by atoms with E-state index in [0.717, 1.165) is 5.56 Å². The number of ether oxygens (including phenoxy) is 3. The summed E-state index contributed by atoms with van der Waals surface area (Å²) < 4.78 is 51.0. The van der Waals surface area contributed by atoms with Gasteiger partial charge in [-0.25, -0.2) is 0 Å². The third-order valence-corrected chi connectivity index (χ3v) is 2.71. The highest BCUT2D eigenvalue weighted by Crippen LogP contribution is 2.27. The molecule has 0 aromatic heterocycles. The van der Waals surface area contributed by atoms with Crippen LogP contribution in [0.15, 0.2) is 24.3 Å². The first-order valence-corrected chi connectivity index (χ1v) is 8.87. The molecule has 1 aromatic rings. The van der Waals surface area contributed by atoms with E-state index in [4.69, 9.17) is 9.47 Å². The van der Waals surface area contributed by atoms with Gasteiger partial charge in [-0.15, -0.1) is 13.2 Å². The normalized spacial score (nSPS) is 11.8. The van der Waals surface area contributed by atoms with Crippen molar-refractivity contribution < 1.29 is 27.4 Å². The van der Waals surface area contributed by atoms with Gasteiger partial charge in [0.25, 0.3) is 0 Å². The zero-order chi connectivity index (χ0) is 19.9. The molecule has 0 N–H and O–H groups in total. The first-order chi connectivity index (χ1) is 11.8. The fourth-order valence-electron chi connectivity index (χ4n) is 1.80. The summed E-state index contributed by atoms with van der Waals surface area (Å²) in [6, 6.07) is 5.73. The molecular formula is C19H33F3O3. The second-order valence-corrected chi connectivity index (χ2v) is 4.89. The van der Waals surface area contributed by atoms with E-state index in [-0.39, 0.29) is 11.7 Å². The summed E-state index contributed by atoms with van der Waals surface area (Å²) in [6.07, 6.45) is -3.84. The van der Waals surface area contributed by atoms with Gasteiger partial charge in [0.05, 0.1) is 0 Å². The smallest absolute Gasteiger partial charge is 0.406 e. The fourth-order valence-corrected chi connectivity index (χ4v) is 1.80. The van der Waals surface area contributed by atoms with Crippen LogP contribution in [-0.2, 0) is 9.47 Å². The van der Waals surface area contributed by atoms with E-state index in [1.807, 2.05) is 34.6 Å². The van der Waals surface area contributed by atoms with E-state index in [0.29, 0.717) is 13.2 Å². The Labute approximate surface area is 150 Å². The molecule has 1 atom stereocenters. The van der Waals surface area contributed by atoms with Crippen molar-refractivity contribution in [3.8, 4) is 5.75 Å². The van der Waals surface area contributed by atoms with E-state index >= 15 is 0 Å². The Kier molecular flexibility index (Phi) is 15.6. The Morgan fingerprint density at radius 3 is 1.60 bits per heavy atom. The average Bonchev–Trinajstić information content (AvgIpc) is 2.56. The largest absolute Gasteiger partial charge is 0.573 e. The number of benzene rings is 1. The van der Waals surface area contributed by atoms with Crippen molar-refractivity contribution in [2.45, 2.75) is 73.5 Å². The molecule has 0 bridgehead atoms. The monoisotopic (exact) mass is 366 g/mol. The van der Waals surface area contributed by atoms with Crippen LogP contribution < -0.4 is 4.74 Å². The minimum atomic E-state index is -4.67. The second kappa shape index (κ2) is 15.0. The summed E-state index contributed by atoms with van der Waals surface area (Å²) in [7, 11) is 0. The predicted octanol–water partition coefficient (Wildman–Crippen LogP) is 6.53. The van der Waals surface area contributed by atoms with Crippen molar-refractivity contribution in [2.24, 2.45) is 0 Å². The Morgan fingerprint density at radius 1 is 0.880 bits per heavy atom. The van der Waals surface area contributed by atoms with Crippen LogP contribution in [0.2, 0.25) is 0 Å². The molecule has 1 aromatic carbocycles. The van der Waals surface area contributed by atoms with Gasteiger partial charge in [0, 0.05) is 19.1 Å². The summed E-state index contributed by atoms with van der Waals surface area (Å²) >= 11 is 0. The van der Waals surface area contributed by atoms with Crippen LogP contribution in [-0.4, -0.2) is 25.9 Å². The molecule has 0 aliphatic rings. The Morgan fingerprint density at radius 2 is 1.28 bits per heavy atom. The molecule has 1 unspecified atom stereocenters. The Balaban J connectivity index is 0. The van der Waals surface area contributed by atoms with Crippen LogP contribution >= 0.6 is 0 Å². The number of alkyl halides is 3. The van der Waals surface area contributed by atoms with Crippen molar-refractivity contribution >= 4 is 0 Å². The van der Waals surface area contributed by atoms with Crippen LogP contribution in [0.5, 0.6) is 5.75 Å². The fraction of sp³-hybridized carbons (Fsp3) is 0.684. The highest BCUT2D eigenvalue weighted by Gasteiger charge is 2.31. The first kappa shape index (κ1) is 26.0. The van der Waals surface area contributed by atoms with Gasteiger partial charge in [0.15, 0.2) is 6.29 Å². The summed E-state index contributed by atoms with van der Waals surface area (Å²) in [6.45, 7) is 14.9. The molecule has 0 amide bonds. The quantitative estimate of drug-likeness (QED) is 0.513. The zero-order valence-electron chi connectivity index (χ0n) is 16.4. The van der Waals surface area contributed by atoms with E-state index in [2.05, 4.69) is 18.6 Å². The Bertz CT molecular complexity index is 399. The molecule has 0 saturated heterocycles. The molecule has 25 heavy (non-hydrogen) atoms. The van der Waals surface area contributed by atoms with E-state index in [1.54, 1.807) is 12.1 Å². The van der Waals surface area contributed by atoms with E-state index in [9.17, 15) is 13.2 Å². The van der Waals surface area contributed by atoms with Crippen molar-refractivity contribution in [3.63, 3.8) is 0 Å². The van der Waals surface area contributed by atoms with Gasteiger partial charge >= 0.3 is 6.36 Å². The van der Waals surface area contributed by atoms with Crippen molar-refractivity contribution in [1.82, 2.24) is 0 Å². The van der Waals surface area contributed by atoms with Gasteiger partial charge in [0.1, 0.15) is 5.75 Å². The molecular weight excluding hydrogens is 333 g/mol. The molecule has 0 aliphatic carbocycles. The van der Waals surface area contributed by atoms with Crippen molar-refractivity contribution in [3.05, 3.63) is 29.8 Å². The Hall–Kier alpha value is -1.27. The number of hydrogen-bond donors (Lipinski definition) is 0. The van der Waals surface area contributed by atoms with Crippen LogP contribution in [0.4, 0.5) is 13.2 Å². The number of rotatable bonds is 7. The van der Waals surface area contributed by atoms with Gasteiger partial charge in [-0.05, 0) is 31.5 Å². The minimum Gasteiger partial charge on any atom is -0.406 e. The molecule has 1 rings (SSSR count). The molecule has 148 valence electrons. The number of halogens is 3. The van der Waals surface area contributed by atoms with Crippen molar-refractivity contribution in [1.29, 1.82) is 0 Å². The molecule has 6 heteroatoms. The zero-order valence-corrected chi connectivity index (χ0v) is 16.4. The predicted molar refractivity (Wildman–Crippen MR) is 95.9 cm³/mol. The summed E-state index contributed by atoms with van der Waals surface area (Å²) in [5.74, 6) is -0.326. The number of hydrogen-bond acceptors (Lipinski definition) is 3. The van der Waals surface area contributed by atoms with Gasteiger partial charge in [-0.1, -0.05) is 53.2 Å². The third-order valence-electron chi connectivity index (χ3n) is 2.71. The topological polar surface area (TPSA) is 27.7 Å². The maximum Gasteiger partial charge on any atom is 0.573 e. The molecule has 0 spiro atoms. The highest BCUT2D eigenvalue weighted by atomic mass is 19.4. The SMILES string of the molecule is CC.CCC.CCOC(OCC)C(C)c1ccc(OC(F)(F)F)cc1. The van der Waals surface area contributed by atoms with E-state index in [1.165, 1.54) is 18.6 Å². The van der Waals surface area contributed by atoms with Crippen LogP contribution in [0, 0.1) is 0 Å². The third kappa shape index (κ3) is 12.7. The van der Waals surface area contributed by atoms with Gasteiger partial charge in [0.2, 0.25) is 0 Å². The van der Waals surface area contributed by atoms with Gasteiger partial charge in [-0.2, -0.15) is 0 Å². The minimum absolute atomic E-state index is 0.0881. The lowest BCUT2D eigenvalue weighted by atomic mass is 10.0. The van der Waals surface area contributed by atoms with Crippen molar-refractivity contribution in [2.75, 3.05) is 13.2 Å². The van der Waals surface area contributed by atoms with Crippen LogP contribution in [0.25, 0.3) is 0 Å². The summed E-state index contributed by atoms with van der Waals surface area (Å²) in [5.41, 5.74) is 0.825. The van der Waals surface area contributed by atoms with Gasteiger partial charge < -0.3 is 14.2 Å². The standard InChI is InChI=1S/C14H19F3O3.C3H8.C2H6/c1-4-18-13(19-5-2)10(3)11-6-8-12(9-7-11)20-14(15,16)17;1-3-2;1-2/h6-10,13H,4-5H2,1-3H3;3H2,1-2H3;1-2H3. The van der Waals surface area contributed by atoms with Crippen LogP contribution in [0.3, 0.4) is 0 Å². The van der Waals surface area contributed by atoms with Crippen LogP contribution in [0.1, 0.15) is 66.4 Å². The van der Waals surface area contributed by atoms with E-state index < -0.39 is 12.7 Å². The van der Waals surface area contributed by atoms with Gasteiger partial charge in [-0.3, -0.25) is 0 Å². The second-order valence-electron chi connectivity index (χ2n) is 4.89. The maximum atomic E-state index is 12.1. The molecule has 0 aliphatic heterocycles. The molecule has 3 nitrogen and oxygen atoms in total. The lowest BCUT2D eigenvalue weighted by Gasteiger charge is -2.24. The lowest BCUT2D eigenvalue weighted by molar-refractivity contribution is -0.274. The molecule has 0 radical (unpaired) electrons. The summed E-state index contributed by atoms with van der Waals surface area (Å²) in [5, 5.41) is 0. The maximum absolute atomic E-state index is 12.1. The molecule has 0 saturated carbocycles. The first-order valence-electron chi connectivity index (χ1n) is 8.87. The lowest BCUT2D eigenvalue weighted by Crippen LogP contribution is -2.24. The molecule has 0 fully saturated rings. The molecule has 0 heterocycles. The average molecular weight is 366 g/mol. The highest BCUT2D eigenvalue weighted by molar-refractivity contribution is 5.29. The summed E-state index contributed by atoms with van der Waals surface area (Å²) in [4.78, 5) is 0.